The van der Waals surface area contributed by atoms with Gasteiger partial charge in [-0.2, -0.15) is 0 Å². The summed E-state index contributed by atoms with van der Waals surface area (Å²) in [5.74, 6) is 1.73. The molecule has 144 valence electrons. The summed E-state index contributed by atoms with van der Waals surface area (Å²) < 4.78 is 11.8. The summed E-state index contributed by atoms with van der Waals surface area (Å²) in [5, 5.41) is 0.734. The number of esters is 1. The summed E-state index contributed by atoms with van der Waals surface area (Å²) in [6.45, 7) is 6.38. The minimum atomic E-state index is -0.228. The van der Waals surface area contributed by atoms with Crippen LogP contribution in [0.1, 0.15) is 68.2 Å². The molecule has 4 heteroatoms. The van der Waals surface area contributed by atoms with Gasteiger partial charge >= 0.3 is 5.97 Å². The average molecular weight is 387 g/mol. The van der Waals surface area contributed by atoms with E-state index in [1.165, 1.54) is 18.4 Å². The van der Waals surface area contributed by atoms with E-state index in [2.05, 4.69) is 26.0 Å². The number of ether oxygens (including phenoxy) is 2. The highest BCUT2D eigenvalue weighted by molar-refractivity contribution is 6.31. The maximum atomic E-state index is 11.8. The van der Waals surface area contributed by atoms with Gasteiger partial charge in [-0.3, -0.25) is 4.79 Å². The molecule has 1 fully saturated rings. The molecule has 1 saturated carbocycles. The van der Waals surface area contributed by atoms with Crippen LogP contribution in [0.4, 0.5) is 0 Å². The number of hydrogen-bond acceptors (Lipinski definition) is 3. The first-order chi connectivity index (χ1) is 13.1. The highest BCUT2D eigenvalue weighted by atomic mass is 35.5. The summed E-state index contributed by atoms with van der Waals surface area (Å²) in [5.41, 5.74) is 4.48. The molecule has 27 heavy (non-hydrogen) atoms. The van der Waals surface area contributed by atoms with Gasteiger partial charge in [0.1, 0.15) is 18.1 Å². The molecular weight excluding hydrogens is 360 g/mol. The molecule has 0 atom stereocenters. The summed E-state index contributed by atoms with van der Waals surface area (Å²) >= 11 is 6.40. The monoisotopic (exact) mass is 386 g/mol. The van der Waals surface area contributed by atoms with E-state index in [1.807, 2.05) is 18.2 Å². The molecule has 2 aromatic carbocycles. The fourth-order valence-corrected chi connectivity index (χ4v) is 3.57. The fourth-order valence-electron chi connectivity index (χ4n) is 3.29. The van der Waals surface area contributed by atoms with Crippen LogP contribution in [0.25, 0.3) is 0 Å². The van der Waals surface area contributed by atoms with Crippen molar-refractivity contribution < 1.29 is 14.3 Å². The van der Waals surface area contributed by atoms with Crippen molar-refractivity contribution in [2.24, 2.45) is 0 Å². The quantitative estimate of drug-likeness (QED) is 0.398. The van der Waals surface area contributed by atoms with E-state index in [0.29, 0.717) is 24.7 Å². The van der Waals surface area contributed by atoms with E-state index >= 15 is 0 Å². The molecule has 0 bridgehead atoms. The Kier molecular flexibility index (Phi) is 6.43. The van der Waals surface area contributed by atoms with Crippen LogP contribution in [-0.2, 0) is 24.2 Å². The van der Waals surface area contributed by atoms with Crippen LogP contribution in [0.3, 0.4) is 0 Å². The van der Waals surface area contributed by atoms with Crippen molar-refractivity contribution in [2.45, 2.75) is 65.4 Å². The zero-order valence-electron chi connectivity index (χ0n) is 16.3. The van der Waals surface area contributed by atoms with E-state index in [0.717, 1.165) is 40.3 Å². The predicted molar refractivity (Wildman–Crippen MR) is 109 cm³/mol. The Labute approximate surface area is 166 Å². The Morgan fingerprint density at radius 1 is 1.07 bits per heavy atom. The van der Waals surface area contributed by atoms with Gasteiger partial charge in [0.15, 0.2) is 0 Å². The molecule has 0 unspecified atom stereocenters. The van der Waals surface area contributed by atoms with Crippen molar-refractivity contribution in [1.82, 2.24) is 0 Å². The first-order valence-corrected chi connectivity index (χ1v) is 10.2. The topological polar surface area (TPSA) is 35.5 Å². The lowest BCUT2D eigenvalue weighted by Crippen LogP contribution is -2.10. The first-order valence-electron chi connectivity index (χ1n) is 9.83. The molecule has 0 spiro atoms. The molecule has 0 radical (unpaired) electrons. The van der Waals surface area contributed by atoms with E-state index in [4.69, 9.17) is 21.1 Å². The lowest BCUT2D eigenvalue weighted by Gasteiger charge is -2.17. The predicted octanol–water partition coefficient (Wildman–Crippen LogP) is 6.24. The SMILES string of the molecule is CCC(=O)Oc1cccc(C2CC2)c1COc1cc(Cl)c(CC)cc1CC. The number of rotatable bonds is 8. The van der Waals surface area contributed by atoms with Crippen LogP contribution in [0, 0.1) is 0 Å². The highest BCUT2D eigenvalue weighted by Gasteiger charge is 2.28. The molecular formula is C23H27ClO3. The average Bonchev–Trinajstić information content (AvgIpc) is 3.51. The van der Waals surface area contributed by atoms with Gasteiger partial charge in [0.05, 0.1) is 0 Å². The van der Waals surface area contributed by atoms with E-state index in [-0.39, 0.29) is 5.97 Å². The zero-order chi connectivity index (χ0) is 19.4. The number of carbonyl (C=O) groups is 1. The van der Waals surface area contributed by atoms with Crippen LogP contribution >= 0.6 is 11.6 Å². The molecule has 0 amide bonds. The van der Waals surface area contributed by atoms with Crippen molar-refractivity contribution in [3.8, 4) is 11.5 Å². The third-order valence-corrected chi connectivity index (χ3v) is 5.41. The standard InChI is InChI=1S/C23H27ClO3/c1-4-15-12-16(5-2)22(13-20(15)24)26-14-19-18(17-10-11-17)8-7-9-21(19)27-23(25)6-3/h7-9,12-13,17H,4-6,10-11,14H2,1-3H3. The van der Waals surface area contributed by atoms with Crippen molar-refractivity contribution in [3.63, 3.8) is 0 Å². The largest absolute Gasteiger partial charge is 0.488 e. The van der Waals surface area contributed by atoms with Crippen molar-refractivity contribution in [2.75, 3.05) is 0 Å². The highest BCUT2D eigenvalue weighted by Crippen LogP contribution is 2.44. The molecule has 0 aromatic heterocycles. The minimum Gasteiger partial charge on any atom is -0.488 e. The normalized spacial score (nSPS) is 13.5. The molecule has 0 N–H and O–H groups in total. The lowest BCUT2D eigenvalue weighted by atomic mass is 10.0. The second-order valence-electron chi connectivity index (χ2n) is 6.97. The Hall–Kier alpha value is -2.00. The van der Waals surface area contributed by atoms with Gasteiger partial charge < -0.3 is 9.47 Å². The summed E-state index contributed by atoms with van der Waals surface area (Å²) in [6.07, 6.45) is 4.47. The Morgan fingerprint density at radius 3 is 2.44 bits per heavy atom. The van der Waals surface area contributed by atoms with Gasteiger partial charge in [0.25, 0.3) is 0 Å². The van der Waals surface area contributed by atoms with Crippen molar-refractivity contribution >= 4 is 17.6 Å². The Bertz CT molecular complexity index is 825. The van der Waals surface area contributed by atoms with Gasteiger partial charge in [0, 0.05) is 17.0 Å². The van der Waals surface area contributed by atoms with Crippen LogP contribution in [-0.4, -0.2) is 5.97 Å². The molecule has 1 aliphatic carbocycles. The maximum absolute atomic E-state index is 11.8. The minimum absolute atomic E-state index is 0.228. The van der Waals surface area contributed by atoms with Gasteiger partial charge in [-0.15, -0.1) is 0 Å². The number of hydrogen-bond donors (Lipinski definition) is 0. The van der Waals surface area contributed by atoms with Crippen LogP contribution in [0.5, 0.6) is 11.5 Å². The summed E-state index contributed by atoms with van der Waals surface area (Å²) in [7, 11) is 0. The second kappa shape index (κ2) is 8.79. The molecule has 3 nitrogen and oxygen atoms in total. The van der Waals surface area contributed by atoms with Crippen LogP contribution < -0.4 is 9.47 Å². The van der Waals surface area contributed by atoms with Gasteiger partial charge in [-0.05, 0) is 60.4 Å². The fraction of sp³-hybridized carbons (Fsp3) is 0.435. The summed E-state index contributed by atoms with van der Waals surface area (Å²) in [4.78, 5) is 11.8. The Balaban J connectivity index is 1.89. The molecule has 3 rings (SSSR count). The molecule has 0 saturated heterocycles. The maximum Gasteiger partial charge on any atom is 0.310 e. The second-order valence-corrected chi connectivity index (χ2v) is 7.38. The van der Waals surface area contributed by atoms with Gasteiger partial charge in [-0.1, -0.05) is 50.6 Å². The third kappa shape index (κ3) is 4.65. The number of benzene rings is 2. The smallest absolute Gasteiger partial charge is 0.310 e. The van der Waals surface area contributed by atoms with Gasteiger partial charge in [-0.25, -0.2) is 0 Å². The lowest BCUT2D eigenvalue weighted by molar-refractivity contribution is -0.134. The van der Waals surface area contributed by atoms with Crippen LogP contribution in [0.2, 0.25) is 5.02 Å². The molecule has 0 aliphatic heterocycles. The van der Waals surface area contributed by atoms with Gasteiger partial charge in [0.2, 0.25) is 0 Å². The third-order valence-electron chi connectivity index (χ3n) is 5.06. The van der Waals surface area contributed by atoms with Crippen molar-refractivity contribution in [1.29, 1.82) is 0 Å². The zero-order valence-corrected chi connectivity index (χ0v) is 17.1. The molecule has 2 aromatic rings. The number of carbonyl (C=O) groups excluding carboxylic acids is 1. The summed E-state index contributed by atoms with van der Waals surface area (Å²) in [6, 6.07) is 9.97. The van der Waals surface area contributed by atoms with E-state index < -0.39 is 0 Å². The van der Waals surface area contributed by atoms with E-state index in [9.17, 15) is 4.79 Å². The van der Waals surface area contributed by atoms with Crippen LogP contribution in [0.15, 0.2) is 30.3 Å². The molecule has 1 aliphatic rings. The number of halogens is 1. The molecule has 0 heterocycles. The Morgan fingerprint density at radius 2 is 1.81 bits per heavy atom. The van der Waals surface area contributed by atoms with E-state index in [1.54, 1.807) is 6.92 Å². The van der Waals surface area contributed by atoms with Crippen molar-refractivity contribution in [3.05, 3.63) is 57.6 Å². The first kappa shape index (κ1) is 19.8. The number of aryl methyl sites for hydroxylation is 2.